The highest BCUT2D eigenvalue weighted by Crippen LogP contribution is 2.45. The number of halogens is 3. The van der Waals surface area contributed by atoms with Crippen LogP contribution in [-0.2, 0) is 12.3 Å². The summed E-state index contributed by atoms with van der Waals surface area (Å²) < 4.78 is 15.3. The number of aliphatic hydroxyl groups is 1. The van der Waals surface area contributed by atoms with Gasteiger partial charge in [0.15, 0.2) is 5.72 Å². The number of amides is 1. The van der Waals surface area contributed by atoms with Gasteiger partial charge in [-0.3, -0.25) is 14.7 Å². The van der Waals surface area contributed by atoms with Crippen molar-refractivity contribution in [2.24, 2.45) is 0 Å². The summed E-state index contributed by atoms with van der Waals surface area (Å²) >= 11 is 9.16. The lowest BCUT2D eigenvalue weighted by atomic mass is 9.93. The van der Waals surface area contributed by atoms with Crippen LogP contribution in [0.5, 0.6) is 0 Å². The highest BCUT2D eigenvalue weighted by molar-refractivity contribution is 9.10. The Morgan fingerprint density at radius 3 is 2.59 bits per heavy atom. The summed E-state index contributed by atoms with van der Waals surface area (Å²) in [4.78, 5) is 18.5. The molecular weight excluding hydrogens is 461 g/mol. The second-order valence-corrected chi connectivity index (χ2v) is 7.88. The molecular formula is C21H12BrClFN3O2. The Kier molecular flexibility index (Phi) is 4.87. The molecule has 3 aromatic rings. The fraction of sp³-hybridized carbons (Fsp3) is 0.0952. The molecule has 0 fully saturated rings. The van der Waals surface area contributed by atoms with Gasteiger partial charge in [0.05, 0.1) is 28.9 Å². The molecule has 4 rings (SSSR count). The molecule has 1 aliphatic rings. The first-order chi connectivity index (χ1) is 13.8. The number of aromatic nitrogens is 1. The third kappa shape index (κ3) is 3.19. The van der Waals surface area contributed by atoms with E-state index in [1.165, 1.54) is 18.3 Å². The number of hydrogen-bond acceptors (Lipinski definition) is 4. The summed E-state index contributed by atoms with van der Waals surface area (Å²) in [6.07, 6.45) is 1.38. The monoisotopic (exact) mass is 471 g/mol. The molecule has 144 valence electrons. The zero-order valence-electron chi connectivity index (χ0n) is 14.7. The Morgan fingerprint density at radius 1 is 1.24 bits per heavy atom. The van der Waals surface area contributed by atoms with Crippen molar-refractivity contribution < 1.29 is 14.3 Å². The summed E-state index contributed by atoms with van der Waals surface area (Å²) in [6.45, 7) is -0.0879. The van der Waals surface area contributed by atoms with Crippen molar-refractivity contribution in [2.45, 2.75) is 12.3 Å². The van der Waals surface area contributed by atoms with Crippen LogP contribution >= 0.6 is 27.5 Å². The van der Waals surface area contributed by atoms with Crippen LogP contribution < -0.4 is 0 Å². The fourth-order valence-electron chi connectivity index (χ4n) is 3.44. The molecule has 1 aliphatic heterocycles. The number of carbonyl (C=O) groups excluding carboxylic acids is 1. The number of nitriles is 1. The van der Waals surface area contributed by atoms with E-state index in [1.54, 1.807) is 36.4 Å². The predicted molar refractivity (Wildman–Crippen MR) is 107 cm³/mol. The Bertz CT molecular complexity index is 1160. The molecule has 1 N–H and O–H groups in total. The number of hydrogen-bond donors (Lipinski definition) is 1. The number of nitrogens with zero attached hydrogens (tertiary/aromatic N) is 3. The minimum atomic E-state index is -2.04. The molecule has 0 bridgehead atoms. The van der Waals surface area contributed by atoms with Crippen molar-refractivity contribution >= 4 is 33.4 Å². The van der Waals surface area contributed by atoms with Crippen molar-refractivity contribution in [1.29, 1.82) is 5.26 Å². The van der Waals surface area contributed by atoms with E-state index >= 15 is 0 Å². The molecule has 1 atom stereocenters. The highest BCUT2D eigenvalue weighted by atomic mass is 79.9. The topological polar surface area (TPSA) is 77.2 Å². The van der Waals surface area contributed by atoms with Gasteiger partial charge in [-0.15, -0.1) is 0 Å². The summed E-state index contributed by atoms with van der Waals surface area (Å²) in [5.41, 5.74) is -1.00. The summed E-state index contributed by atoms with van der Waals surface area (Å²) in [7, 11) is 0. The number of carbonyl (C=O) groups is 1. The molecule has 1 aromatic heterocycles. The van der Waals surface area contributed by atoms with Gasteiger partial charge in [0.2, 0.25) is 0 Å². The molecule has 2 aromatic carbocycles. The van der Waals surface area contributed by atoms with Gasteiger partial charge in [-0.1, -0.05) is 39.7 Å². The van der Waals surface area contributed by atoms with Crippen LogP contribution in [0.4, 0.5) is 4.39 Å². The van der Waals surface area contributed by atoms with E-state index in [2.05, 4.69) is 20.9 Å². The maximum atomic E-state index is 14.9. The third-order valence-electron chi connectivity index (χ3n) is 4.79. The van der Waals surface area contributed by atoms with Crippen LogP contribution in [0.3, 0.4) is 0 Å². The van der Waals surface area contributed by atoms with Gasteiger partial charge in [0.25, 0.3) is 5.91 Å². The quantitative estimate of drug-likeness (QED) is 0.614. The molecule has 0 aliphatic carbocycles. The molecule has 0 saturated carbocycles. The largest absolute Gasteiger partial charge is 0.363 e. The number of benzene rings is 2. The lowest BCUT2D eigenvalue weighted by Gasteiger charge is -2.34. The molecule has 0 spiro atoms. The summed E-state index contributed by atoms with van der Waals surface area (Å²) in [5.74, 6) is -1.25. The fourth-order valence-corrected chi connectivity index (χ4v) is 3.99. The molecule has 5 nitrogen and oxygen atoms in total. The Morgan fingerprint density at radius 2 is 1.97 bits per heavy atom. The van der Waals surface area contributed by atoms with E-state index in [0.29, 0.717) is 26.3 Å². The van der Waals surface area contributed by atoms with Crippen LogP contribution in [-0.4, -0.2) is 20.9 Å². The summed E-state index contributed by atoms with van der Waals surface area (Å²) in [6, 6.07) is 14.0. The Labute approximate surface area is 179 Å². The van der Waals surface area contributed by atoms with E-state index in [1.807, 2.05) is 6.07 Å². The van der Waals surface area contributed by atoms with Gasteiger partial charge in [-0.2, -0.15) is 5.26 Å². The van der Waals surface area contributed by atoms with Gasteiger partial charge in [0, 0.05) is 21.3 Å². The average Bonchev–Trinajstić information content (AvgIpc) is 2.91. The number of pyridine rings is 1. The summed E-state index contributed by atoms with van der Waals surface area (Å²) in [5, 5.41) is 21.1. The number of fused-ring (bicyclic) bond motifs is 1. The minimum absolute atomic E-state index is 0.0583. The maximum Gasteiger partial charge on any atom is 0.257 e. The van der Waals surface area contributed by atoms with Gasteiger partial charge in [-0.05, 0) is 36.4 Å². The molecule has 0 radical (unpaired) electrons. The highest BCUT2D eigenvalue weighted by Gasteiger charge is 2.52. The minimum Gasteiger partial charge on any atom is -0.363 e. The zero-order valence-corrected chi connectivity index (χ0v) is 17.1. The van der Waals surface area contributed by atoms with Crippen LogP contribution in [0.1, 0.15) is 32.7 Å². The normalized spacial score (nSPS) is 17.9. The Balaban J connectivity index is 1.88. The van der Waals surface area contributed by atoms with Crippen LogP contribution in [0, 0.1) is 17.1 Å². The standard InChI is InChI=1S/C21H12BrClFN3O2/c22-14-7-17-19(18(24)8-14)21(29,13-2-4-15(23)5-3-13)27(20(17)28)11-16-6-1-12(9-25)10-26-16/h1-8,10,29H,11H2. The molecule has 1 amide bonds. The third-order valence-corrected chi connectivity index (χ3v) is 5.50. The SMILES string of the molecule is N#Cc1ccc(CN2C(=O)c3cc(Br)cc(F)c3C2(O)c2ccc(Cl)cc2)nc1. The smallest absolute Gasteiger partial charge is 0.257 e. The van der Waals surface area contributed by atoms with Crippen LogP contribution in [0.2, 0.25) is 5.02 Å². The van der Waals surface area contributed by atoms with Crippen molar-refractivity contribution in [2.75, 3.05) is 0 Å². The van der Waals surface area contributed by atoms with E-state index in [0.717, 1.165) is 4.90 Å². The van der Waals surface area contributed by atoms with E-state index in [-0.39, 0.29) is 17.7 Å². The van der Waals surface area contributed by atoms with Crippen LogP contribution in [0.15, 0.2) is 59.2 Å². The van der Waals surface area contributed by atoms with Crippen molar-refractivity contribution in [1.82, 2.24) is 9.88 Å². The molecule has 8 heteroatoms. The molecule has 29 heavy (non-hydrogen) atoms. The first-order valence-electron chi connectivity index (χ1n) is 8.49. The van der Waals surface area contributed by atoms with Crippen molar-refractivity contribution in [3.63, 3.8) is 0 Å². The zero-order chi connectivity index (χ0) is 20.8. The van der Waals surface area contributed by atoms with Crippen molar-refractivity contribution in [3.05, 3.63) is 98.0 Å². The molecule has 1 unspecified atom stereocenters. The Hall–Kier alpha value is -2.79. The second-order valence-electron chi connectivity index (χ2n) is 6.53. The van der Waals surface area contributed by atoms with E-state index < -0.39 is 17.4 Å². The van der Waals surface area contributed by atoms with Crippen LogP contribution in [0.25, 0.3) is 0 Å². The van der Waals surface area contributed by atoms with E-state index in [9.17, 15) is 14.3 Å². The maximum absolute atomic E-state index is 14.9. The lowest BCUT2D eigenvalue weighted by Crippen LogP contribution is -2.44. The first kappa shape index (κ1) is 19.5. The average molecular weight is 473 g/mol. The van der Waals surface area contributed by atoms with Gasteiger partial charge in [0.1, 0.15) is 11.9 Å². The molecule has 0 saturated heterocycles. The number of rotatable bonds is 3. The van der Waals surface area contributed by atoms with Gasteiger partial charge < -0.3 is 5.11 Å². The van der Waals surface area contributed by atoms with E-state index in [4.69, 9.17) is 16.9 Å². The van der Waals surface area contributed by atoms with Gasteiger partial charge >= 0.3 is 0 Å². The molecule has 2 heterocycles. The second kappa shape index (κ2) is 7.23. The van der Waals surface area contributed by atoms with Gasteiger partial charge in [-0.25, -0.2) is 4.39 Å². The predicted octanol–water partition coefficient (Wildman–Crippen LogP) is 4.36. The lowest BCUT2D eigenvalue weighted by molar-refractivity contribution is -0.0567. The van der Waals surface area contributed by atoms with Crippen molar-refractivity contribution in [3.8, 4) is 6.07 Å². The first-order valence-corrected chi connectivity index (χ1v) is 9.66.